The molecule has 0 bridgehead atoms. The molecule has 1 atom stereocenters. The molecule has 0 aromatic heterocycles. The van der Waals surface area contributed by atoms with Crippen LogP contribution in [0.4, 0.5) is 10.1 Å². The maximum absolute atomic E-state index is 14.1. The van der Waals surface area contributed by atoms with E-state index < -0.39 is 37.8 Å². The van der Waals surface area contributed by atoms with Gasteiger partial charge in [0.05, 0.1) is 22.3 Å². The van der Waals surface area contributed by atoms with Crippen molar-refractivity contribution in [1.82, 2.24) is 4.31 Å². The largest absolute Gasteiger partial charge is 0.481 e. The van der Waals surface area contributed by atoms with Crippen LogP contribution < -0.4 is 4.72 Å². The minimum absolute atomic E-state index is 0.151. The first-order chi connectivity index (χ1) is 11.6. The molecule has 0 spiro atoms. The van der Waals surface area contributed by atoms with Crippen molar-refractivity contribution >= 4 is 31.7 Å². The fraction of sp³-hybridized carbons (Fsp3) is 0.500. The number of rotatable bonds is 6. The highest BCUT2D eigenvalue weighted by molar-refractivity contribution is 7.92. The first-order valence-electron chi connectivity index (χ1n) is 7.60. The molecular formula is C14H19FN2O6S2. The highest BCUT2D eigenvalue weighted by atomic mass is 32.2. The molecule has 25 heavy (non-hydrogen) atoms. The van der Waals surface area contributed by atoms with Crippen LogP contribution in [0, 0.1) is 11.7 Å². The topological polar surface area (TPSA) is 121 Å². The number of nitrogens with one attached hydrogen (secondary N) is 1. The number of halogens is 1. The van der Waals surface area contributed by atoms with E-state index in [0.717, 1.165) is 22.5 Å². The SMILES string of the molecule is CCS(=O)(=O)Nc1ccc(S(=O)(=O)N2CCCC(C(=O)O)C2)cc1F. The lowest BCUT2D eigenvalue weighted by atomic mass is 10.0. The average molecular weight is 394 g/mol. The minimum Gasteiger partial charge on any atom is -0.481 e. The molecule has 0 saturated carbocycles. The van der Waals surface area contributed by atoms with Crippen LogP contribution in [0.3, 0.4) is 0 Å². The number of nitrogens with zero attached hydrogens (tertiary/aromatic N) is 1. The number of sulfonamides is 2. The molecule has 1 aliphatic rings. The van der Waals surface area contributed by atoms with Crippen LogP contribution in [0.15, 0.2) is 23.1 Å². The van der Waals surface area contributed by atoms with E-state index in [1.807, 2.05) is 4.72 Å². The summed E-state index contributed by atoms with van der Waals surface area (Å²) >= 11 is 0. The number of hydrogen-bond acceptors (Lipinski definition) is 5. The Morgan fingerprint density at radius 3 is 2.60 bits per heavy atom. The van der Waals surface area contributed by atoms with Crippen molar-refractivity contribution in [3.63, 3.8) is 0 Å². The van der Waals surface area contributed by atoms with Crippen molar-refractivity contribution in [2.24, 2.45) is 5.92 Å². The summed E-state index contributed by atoms with van der Waals surface area (Å²) in [6, 6.07) is 2.86. The second kappa shape index (κ2) is 7.26. The molecular weight excluding hydrogens is 375 g/mol. The van der Waals surface area contributed by atoms with E-state index in [-0.39, 0.29) is 29.4 Å². The van der Waals surface area contributed by atoms with E-state index in [0.29, 0.717) is 12.8 Å². The van der Waals surface area contributed by atoms with Crippen LogP contribution in [0.2, 0.25) is 0 Å². The van der Waals surface area contributed by atoms with Crippen LogP contribution in [0.1, 0.15) is 19.8 Å². The number of carboxylic acids is 1. The number of aliphatic carboxylic acids is 1. The molecule has 0 aliphatic carbocycles. The van der Waals surface area contributed by atoms with E-state index in [4.69, 9.17) is 5.11 Å². The van der Waals surface area contributed by atoms with Crippen molar-refractivity contribution in [2.75, 3.05) is 23.6 Å². The monoisotopic (exact) mass is 394 g/mol. The number of benzene rings is 1. The van der Waals surface area contributed by atoms with E-state index in [9.17, 15) is 26.0 Å². The van der Waals surface area contributed by atoms with Gasteiger partial charge in [0.15, 0.2) is 0 Å². The molecule has 1 aromatic rings. The van der Waals surface area contributed by atoms with Gasteiger partial charge in [-0.25, -0.2) is 21.2 Å². The van der Waals surface area contributed by atoms with Crippen molar-refractivity contribution in [3.8, 4) is 0 Å². The smallest absolute Gasteiger partial charge is 0.307 e. The summed E-state index contributed by atoms with van der Waals surface area (Å²) < 4.78 is 65.3. The van der Waals surface area contributed by atoms with E-state index in [1.54, 1.807) is 0 Å². The van der Waals surface area contributed by atoms with Crippen molar-refractivity contribution < 1.29 is 31.1 Å². The van der Waals surface area contributed by atoms with Crippen molar-refractivity contribution in [3.05, 3.63) is 24.0 Å². The van der Waals surface area contributed by atoms with Gasteiger partial charge in [-0.15, -0.1) is 0 Å². The van der Waals surface area contributed by atoms with Crippen LogP contribution in [-0.4, -0.2) is 51.1 Å². The van der Waals surface area contributed by atoms with E-state index in [1.165, 1.54) is 6.92 Å². The zero-order valence-corrected chi connectivity index (χ0v) is 15.1. The minimum atomic E-state index is -4.06. The normalized spacial score (nSPS) is 19.5. The highest BCUT2D eigenvalue weighted by Gasteiger charge is 2.33. The molecule has 0 amide bonds. The quantitative estimate of drug-likeness (QED) is 0.745. The predicted octanol–water partition coefficient (Wildman–Crippen LogP) is 1.07. The molecule has 1 saturated heterocycles. The summed E-state index contributed by atoms with van der Waals surface area (Å²) in [5, 5.41) is 9.06. The average Bonchev–Trinajstić information content (AvgIpc) is 2.56. The lowest BCUT2D eigenvalue weighted by Crippen LogP contribution is -2.42. The van der Waals surface area contributed by atoms with Crippen LogP contribution in [-0.2, 0) is 24.8 Å². The summed E-state index contributed by atoms with van der Waals surface area (Å²) in [7, 11) is -7.76. The molecule has 1 aliphatic heterocycles. The standard InChI is InChI=1S/C14H19FN2O6S2/c1-2-24(20,21)16-13-6-5-11(8-12(13)15)25(22,23)17-7-3-4-10(9-17)14(18)19/h5-6,8,10,16H,2-4,7,9H2,1H3,(H,18,19). The van der Waals surface area contributed by atoms with Gasteiger partial charge in [-0.1, -0.05) is 0 Å². The van der Waals surface area contributed by atoms with E-state index in [2.05, 4.69) is 0 Å². The van der Waals surface area contributed by atoms with Crippen molar-refractivity contribution in [2.45, 2.75) is 24.7 Å². The number of hydrogen-bond donors (Lipinski definition) is 2. The fourth-order valence-corrected chi connectivity index (χ4v) is 4.67. The molecule has 0 radical (unpaired) electrons. The Kier molecular flexibility index (Phi) is 5.69. The van der Waals surface area contributed by atoms with Gasteiger partial charge < -0.3 is 5.11 Å². The Morgan fingerprint density at radius 2 is 2.04 bits per heavy atom. The van der Waals surface area contributed by atoms with E-state index >= 15 is 0 Å². The molecule has 8 nitrogen and oxygen atoms in total. The zero-order valence-electron chi connectivity index (χ0n) is 13.5. The summed E-state index contributed by atoms with van der Waals surface area (Å²) in [6.45, 7) is 1.36. The number of carbonyl (C=O) groups is 1. The Bertz CT molecular complexity index is 869. The zero-order chi connectivity index (χ0) is 18.8. The third-order valence-corrected chi connectivity index (χ3v) is 7.11. The Morgan fingerprint density at radius 1 is 1.36 bits per heavy atom. The Balaban J connectivity index is 2.28. The summed E-state index contributed by atoms with van der Waals surface area (Å²) in [6.07, 6.45) is 0.778. The fourth-order valence-electron chi connectivity index (χ4n) is 2.49. The lowest BCUT2D eigenvalue weighted by Gasteiger charge is -2.29. The van der Waals surface area contributed by atoms with Crippen LogP contribution >= 0.6 is 0 Å². The molecule has 1 unspecified atom stereocenters. The molecule has 2 rings (SSSR count). The lowest BCUT2D eigenvalue weighted by molar-refractivity contribution is -0.142. The number of carboxylic acid groups (broad SMARTS) is 1. The van der Waals surface area contributed by atoms with Gasteiger partial charge in [0.1, 0.15) is 5.82 Å². The Hall–Kier alpha value is -1.72. The molecule has 140 valence electrons. The third kappa shape index (κ3) is 4.47. The second-order valence-electron chi connectivity index (χ2n) is 5.69. The van der Waals surface area contributed by atoms with Gasteiger partial charge in [-0.2, -0.15) is 4.31 Å². The Labute approximate surface area is 145 Å². The number of piperidine rings is 1. The molecule has 2 N–H and O–H groups in total. The first kappa shape index (κ1) is 19.6. The van der Waals surface area contributed by atoms with Gasteiger partial charge >= 0.3 is 5.97 Å². The van der Waals surface area contributed by atoms with Gasteiger partial charge in [-0.05, 0) is 38.0 Å². The first-order valence-corrected chi connectivity index (χ1v) is 10.7. The van der Waals surface area contributed by atoms with Crippen LogP contribution in [0.5, 0.6) is 0 Å². The van der Waals surface area contributed by atoms with Gasteiger partial charge in [0, 0.05) is 13.1 Å². The van der Waals surface area contributed by atoms with Gasteiger partial charge in [0.2, 0.25) is 20.0 Å². The second-order valence-corrected chi connectivity index (χ2v) is 9.64. The van der Waals surface area contributed by atoms with Crippen LogP contribution in [0.25, 0.3) is 0 Å². The molecule has 1 fully saturated rings. The number of anilines is 1. The molecule has 1 aromatic carbocycles. The molecule has 11 heteroatoms. The summed E-state index contributed by atoms with van der Waals surface area (Å²) in [5.41, 5.74) is -0.345. The summed E-state index contributed by atoms with van der Waals surface area (Å²) in [4.78, 5) is 10.7. The predicted molar refractivity (Wildman–Crippen MR) is 88.6 cm³/mol. The third-order valence-electron chi connectivity index (χ3n) is 3.96. The maximum Gasteiger partial charge on any atom is 0.307 e. The van der Waals surface area contributed by atoms with Gasteiger partial charge in [0.25, 0.3) is 0 Å². The highest BCUT2D eigenvalue weighted by Crippen LogP contribution is 2.26. The maximum atomic E-state index is 14.1. The van der Waals surface area contributed by atoms with Crippen molar-refractivity contribution in [1.29, 1.82) is 0 Å². The van der Waals surface area contributed by atoms with Gasteiger partial charge in [-0.3, -0.25) is 9.52 Å². The summed E-state index contributed by atoms with van der Waals surface area (Å²) in [5.74, 6) is -3.15. The molecule has 1 heterocycles.